The van der Waals surface area contributed by atoms with Crippen LogP contribution in [0.4, 0.5) is 0 Å². The van der Waals surface area contributed by atoms with Gasteiger partial charge < -0.3 is 15.4 Å². The predicted octanol–water partition coefficient (Wildman–Crippen LogP) is 4.43. The van der Waals surface area contributed by atoms with E-state index in [9.17, 15) is 4.79 Å². The summed E-state index contributed by atoms with van der Waals surface area (Å²) in [5.41, 5.74) is 0.857. The standard InChI is InChI=1S/C21H36N2O2/c1-5-6-7-8-9-12-15-22-16-18-13-10-11-14-19(18)25-17-20(24)23-21(2,3)4/h10-11,13-14,22H,5-9,12,15-17H2,1-4H3,(H,23,24). The highest BCUT2D eigenvalue weighted by molar-refractivity contribution is 5.78. The molecule has 4 nitrogen and oxygen atoms in total. The highest BCUT2D eigenvalue weighted by Crippen LogP contribution is 2.17. The molecule has 142 valence electrons. The fourth-order valence-electron chi connectivity index (χ4n) is 2.64. The first-order chi connectivity index (χ1) is 11.9. The van der Waals surface area contributed by atoms with E-state index in [1.165, 1.54) is 38.5 Å². The summed E-state index contributed by atoms with van der Waals surface area (Å²) in [6.45, 7) is 9.97. The smallest absolute Gasteiger partial charge is 0.258 e. The molecule has 0 saturated heterocycles. The van der Waals surface area contributed by atoms with Crippen LogP contribution in [0.5, 0.6) is 5.75 Å². The van der Waals surface area contributed by atoms with Crippen LogP contribution in [-0.4, -0.2) is 24.6 Å². The lowest BCUT2D eigenvalue weighted by Crippen LogP contribution is -2.43. The summed E-state index contributed by atoms with van der Waals surface area (Å²) in [6, 6.07) is 7.91. The lowest BCUT2D eigenvalue weighted by atomic mass is 10.1. The molecule has 0 fully saturated rings. The van der Waals surface area contributed by atoms with Gasteiger partial charge >= 0.3 is 0 Å². The molecule has 0 unspecified atom stereocenters. The Balaban J connectivity index is 2.30. The van der Waals surface area contributed by atoms with Crippen molar-refractivity contribution in [3.8, 4) is 5.75 Å². The average Bonchev–Trinajstić information content (AvgIpc) is 2.54. The van der Waals surface area contributed by atoms with Gasteiger partial charge in [-0.2, -0.15) is 0 Å². The second-order valence-corrected chi connectivity index (χ2v) is 7.64. The summed E-state index contributed by atoms with van der Waals surface area (Å²) >= 11 is 0. The summed E-state index contributed by atoms with van der Waals surface area (Å²) in [4.78, 5) is 11.9. The molecule has 0 saturated carbocycles. The van der Waals surface area contributed by atoms with Crippen molar-refractivity contribution in [3.05, 3.63) is 29.8 Å². The van der Waals surface area contributed by atoms with Crippen molar-refractivity contribution >= 4 is 5.91 Å². The van der Waals surface area contributed by atoms with Crippen molar-refractivity contribution in [3.63, 3.8) is 0 Å². The third kappa shape index (κ3) is 10.8. The van der Waals surface area contributed by atoms with Crippen LogP contribution in [0, 0.1) is 0 Å². The molecule has 0 aromatic heterocycles. The Hall–Kier alpha value is -1.55. The van der Waals surface area contributed by atoms with Crippen LogP contribution in [0.1, 0.15) is 71.8 Å². The molecule has 4 heteroatoms. The van der Waals surface area contributed by atoms with Crippen LogP contribution in [-0.2, 0) is 11.3 Å². The molecule has 1 amide bonds. The largest absolute Gasteiger partial charge is 0.483 e. The van der Waals surface area contributed by atoms with E-state index < -0.39 is 0 Å². The zero-order valence-electron chi connectivity index (χ0n) is 16.5. The van der Waals surface area contributed by atoms with E-state index in [4.69, 9.17) is 4.74 Å². The summed E-state index contributed by atoms with van der Waals surface area (Å²) in [5.74, 6) is 0.685. The van der Waals surface area contributed by atoms with Crippen LogP contribution in [0.25, 0.3) is 0 Å². The van der Waals surface area contributed by atoms with Gasteiger partial charge in [-0.25, -0.2) is 0 Å². The first-order valence-electron chi connectivity index (χ1n) is 9.65. The SMILES string of the molecule is CCCCCCCCNCc1ccccc1OCC(=O)NC(C)(C)C. The molecule has 0 aliphatic carbocycles. The molecule has 25 heavy (non-hydrogen) atoms. The Morgan fingerprint density at radius 3 is 2.44 bits per heavy atom. The van der Waals surface area contributed by atoms with Crippen molar-refractivity contribution in [2.75, 3.05) is 13.2 Å². The van der Waals surface area contributed by atoms with Crippen LogP contribution in [0.3, 0.4) is 0 Å². The fraction of sp³-hybridized carbons (Fsp3) is 0.667. The molecule has 2 N–H and O–H groups in total. The van der Waals surface area contributed by atoms with E-state index in [1.807, 2.05) is 45.0 Å². The summed E-state index contributed by atoms with van der Waals surface area (Å²) < 4.78 is 5.72. The van der Waals surface area contributed by atoms with Gasteiger partial charge in [0, 0.05) is 17.6 Å². The van der Waals surface area contributed by atoms with Crippen molar-refractivity contribution in [2.45, 2.75) is 78.3 Å². The molecule has 0 radical (unpaired) electrons. The molecular formula is C21H36N2O2. The molecule has 1 aromatic carbocycles. The fourth-order valence-corrected chi connectivity index (χ4v) is 2.64. The van der Waals surface area contributed by atoms with Gasteiger partial charge in [-0.15, -0.1) is 0 Å². The Bertz CT molecular complexity index is 495. The monoisotopic (exact) mass is 348 g/mol. The Morgan fingerprint density at radius 2 is 1.72 bits per heavy atom. The lowest BCUT2D eigenvalue weighted by molar-refractivity contribution is -0.124. The van der Waals surface area contributed by atoms with Gasteiger partial charge in [0.1, 0.15) is 5.75 Å². The van der Waals surface area contributed by atoms with Crippen LogP contribution < -0.4 is 15.4 Å². The Kier molecular flexibility index (Phi) is 10.2. The number of rotatable bonds is 12. The highest BCUT2D eigenvalue weighted by atomic mass is 16.5. The molecule has 0 heterocycles. The number of unbranched alkanes of at least 4 members (excludes halogenated alkanes) is 5. The normalized spacial score (nSPS) is 11.4. The lowest BCUT2D eigenvalue weighted by Gasteiger charge is -2.20. The van der Waals surface area contributed by atoms with Crippen LogP contribution in [0.15, 0.2) is 24.3 Å². The van der Waals surface area contributed by atoms with Gasteiger partial charge in [-0.1, -0.05) is 57.2 Å². The molecule has 1 aromatic rings. The average molecular weight is 349 g/mol. The second-order valence-electron chi connectivity index (χ2n) is 7.64. The molecule has 0 atom stereocenters. The van der Waals surface area contributed by atoms with Crippen molar-refractivity contribution in [1.82, 2.24) is 10.6 Å². The minimum Gasteiger partial charge on any atom is -0.483 e. The first-order valence-corrected chi connectivity index (χ1v) is 9.65. The Labute approximate surface area is 153 Å². The van der Waals surface area contributed by atoms with Gasteiger partial charge in [0.15, 0.2) is 6.61 Å². The van der Waals surface area contributed by atoms with E-state index in [2.05, 4.69) is 17.6 Å². The van der Waals surface area contributed by atoms with Crippen LogP contribution in [0.2, 0.25) is 0 Å². The number of carbonyl (C=O) groups is 1. The zero-order valence-corrected chi connectivity index (χ0v) is 16.5. The molecule has 0 aliphatic heterocycles. The van der Waals surface area contributed by atoms with Gasteiger partial charge in [0.2, 0.25) is 0 Å². The predicted molar refractivity (Wildman–Crippen MR) is 105 cm³/mol. The zero-order chi connectivity index (χ0) is 18.5. The summed E-state index contributed by atoms with van der Waals surface area (Å²) in [6.07, 6.45) is 7.82. The molecule has 0 bridgehead atoms. The highest BCUT2D eigenvalue weighted by Gasteiger charge is 2.14. The summed E-state index contributed by atoms with van der Waals surface area (Å²) in [5, 5.41) is 6.39. The number of nitrogens with one attached hydrogen (secondary N) is 2. The first kappa shape index (κ1) is 21.5. The molecular weight excluding hydrogens is 312 g/mol. The van der Waals surface area contributed by atoms with Crippen LogP contribution >= 0.6 is 0 Å². The van der Waals surface area contributed by atoms with E-state index in [0.29, 0.717) is 0 Å². The quantitative estimate of drug-likeness (QED) is 0.549. The maximum Gasteiger partial charge on any atom is 0.258 e. The molecule has 0 spiro atoms. The maximum absolute atomic E-state index is 11.9. The van der Waals surface area contributed by atoms with Gasteiger partial charge in [0.25, 0.3) is 5.91 Å². The van der Waals surface area contributed by atoms with E-state index in [1.54, 1.807) is 0 Å². The third-order valence-electron chi connectivity index (χ3n) is 3.87. The van der Waals surface area contributed by atoms with Crippen molar-refractivity contribution < 1.29 is 9.53 Å². The number of benzene rings is 1. The minimum absolute atomic E-state index is 0.0473. The number of para-hydroxylation sites is 1. The second kappa shape index (κ2) is 11.9. The van der Waals surface area contributed by atoms with Gasteiger partial charge in [-0.3, -0.25) is 4.79 Å². The van der Waals surface area contributed by atoms with Gasteiger partial charge in [0.05, 0.1) is 0 Å². The summed E-state index contributed by atoms with van der Waals surface area (Å²) in [7, 11) is 0. The number of amides is 1. The molecule has 0 aliphatic rings. The van der Waals surface area contributed by atoms with E-state index in [-0.39, 0.29) is 18.1 Å². The third-order valence-corrected chi connectivity index (χ3v) is 3.87. The van der Waals surface area contributed by atoms with Crippen molar-refractivity contribution in [2.24, 2.45) is 0 Å². The van der Waals surface area contributed by atoms with E-state index >= 15 is 0 Å². The Morgan fingerprint density at radius 1 is 1.04 bits per heavy atom. The van der Waals surface area contributed by atoms with E-state index in [0.717, 1.165) is 24.4 Å². The maximum atomic E-state index is 11.9. The number of hydrogen-bond donors (Lipinski definition) is 2. The number of carbonyl (C=O) groups excluding carboxylic acids is 1. The van der Waals surface area contributed by atoms with Gasteiger partial charge in [-0.05, 0) is 39.8 Å². The number of hydrogen-bond acceptors (Lipinski definition) is 3. The number of ether oxygens (including phenoxy) is 1. The van der Waals surface area contributed by atoms with Crippen molar-refractivity contribution in [1.29, 1.82) is 0 Å². The minimum atomic E-state index is -0.237. The molecule has 1 rings (SSSR count). The topological polar surface area (TPSA) is 50.4 Å².